The zero-order valence-corrected chi connectivity index (χ0v) is 15.5. The third-order valence-electron chi connectivity index (χ3n) is 5.80. The molecule has 0 amide bonds. The van der Waals surface area contributed by atoms with Gasteiger partial charge in [-0.05, 0) is 48.9 Å². The summed E-state index contributed by atoms with van der Waals surface area (Å²) in [5, 5.41) is 21.0. The number of benzene rings is 2. The highest BCUT2D eigenvalue weighted by atomic mass is 16.7. The van der Waals surface area contributed by atoms with Crippen LogP contribution >= 0.6 is 0 Å². The molecular weight excluding hydrogens is 328 g/mol. The summed E-state index contributed by atoms with van der Waals surface area (Å²) in [6.45, 7) is 6.63. The van der Waals surface area contributed by atoms with E-state index in [-0.39, 0.29) is 17.4 Å². The van der Waals surface area contributed by atoms with Crippen molar-refractivity contribution in [2.45, 2.75) is 45.8 Å². The number of phenolic OH excluding ortho intramolecular Hbond substituents is 2. The third kappa shape index (κ3) is 2.59. The van der Waals surface area contributed by atoms with E-state index in [2.05, 4.69) is 20.8 Å². The van der Waals surface area contributed by atoms with Crippen molar-refractivity contribution in [3.63, 3.8) is 0 Å². The van der Waals surface area contributed by atoms with E-state index in [0.717, 1.165) is 19.3 Å². The van der Waals surface area contributed by atoms with Gasteiger partial charge in [0, 0.05) is 12.3 Å². The van der Waals surface area contributed by atoms with Crippen LogP contribution in [0.5, 0.6) is 23.0 Å². The van der Waals surface area contributed by atoms with Crippen LogP contribution in [0.2, 0.25) is 0 Å². The summed E-state index contributed by atoms with van der Waals surface area (Å²) in [6.07, 6.45) is 2.96. The Hall–Kier alpha value is -2.36. The number of aromatic hydroxyl groups is 2. The van der Waals surface area contributed by atoms with Crippen LogP contribution in [0.15, 0.2) is 36.4 Å². The van der Waals surface area contributed by atoms with Gasteiger partial charge in [0.25, 0.3) is 5.79 Å². The fourth-order valence-corrected chi connectivity index (χ4v) is 4.60. The van der Waals surface area contributed by atoms with Gasteiger partial charge in [0.15, 0.2) is 0 Å². The molecule has 1 fully saturated rings. The van der Waals surface area contributed by atoms with E-state index in [1.165, 1.54) is 0 Å². The van der Waals surface area contributed by atoms with Crippen LogP contribution in [0, 0.1) is 17.8 Å². The molecular formula is C22H26O4. The fraction of sp³-hybridized carbons (Fsp3) is 0.455. The molecule has 1 spiro atoms. The van der Waals surface area contributed by atoms with Crippen LogP contribution in [0.3, 0.4) is 0 Å². The molecule has 2 atom stereocenters. The molecule has 2 aromatic rings. The van der Waals surface area contributed by atoms with E-state index in [0.29, 0.717) is 34.5 Å². The van der Waals surface area contributed by atoms with E-state index in [9.17, 15) is 10.2 Å². The van der Waals surface area contributed by atoms with Crippen LogP contribution in [0.25, 0.3) is 11.1 Å². The van der Waals surface area contributed by atoms with E-state index in [1.807, 2.05) is 12.1 Å². The smallest absolute Gasteiger partial charge is 0.254 e. The second-order valence-electron chi connectivity index (χ2n) is 8.05. The summed E-state index contributed by atoms with van der Waals surface area (Å²) in [5.41, 5.74) is 0.997. The lowest BCUT2D eigenvalue weighted by Crippen LogP contribution is -2.54. The normalized spacial score (nSPS) is 23.5. The first-order chi connectivity index (χ1) is 12.4. The maximum atomic E-state index is 10.5. The second-order valence-corrected chi connectivity index (χ2v) is 8.05. The number of rotatable bonds is 1. The minimum absolute atomic E-state index is 0.0795. The zero-order chi connectivity index (χ0) is 18.5. The van der Waals surface area contributed by atoms with Crippen LogP contribution in [0.4, 0.5) is 0 Å². The summed E-state index contributed by atoms with van der Waals surface area (Å²) in [7, 11) is 0. The quantitative estimate of drug-likeness (QED) is 0.727. The molecule has 1 aliphatic carbocycles. The molecule has 0 aromatic heterocycles. The Morgan fingerprint density at radius 1 is 0.923 bits per heavy atom. The SMILES string of the molecule is CC(C)[C@H]1CC[C@@H](C)CC12Oc1cccc(O)c1-c1c(O)cccc1O2. The van der Waals surface area contributed by atoms with Gasteiger partial charge >= 0.3 is 0 Å². The number of hydrogen-bond acceptors (Lipinski definition) is 4. The standard InChI is InChI=1S/C22H26O4/c1-13(2)15-11-10-14(3)12-22(15)25-18-8-4-6-16(23)20(18)21-17(24)7-5-9-19(21)26-22/h4-9,13-15,23-24H,10-12H2,1-3H3/t14-,15-/m1/s1. The molecule has 0 saturated heterocycles. The minimum atomic E-state index is -0.798. The monoisotopic (exact) mass is 354 g/mol. The second kappa shape index (κ2) is 6.11. The lowest BCUT2D eigenvalue weighted by molar-refractivity contribution is -0.194. The molecule has 2 aliphatic rings. The highest BCUT2D eigenvalue weighted by Crippen LogP contribution is 2.54. The van der Waals surface area contributed by atoms with Crippen LogP contribution in [-0.4, -0.2) is 16.0 Å². The molecule has 1 heterocycles. The molecule has 2 aromatic carbocycles. The van der Waals surface area contributed by atoms with Crippen molar-refractivity contribution in [2.24, 2.45) is 17.8 Å². The summed E-state index contributed by atoms with van der Waals surface area (Å²) >= 11 is 0. The third-order valence-corrected chi connectivity index (χ3v) is 5.80. The first-order valence-corrected chi connectivity index (χ1v) is 9.43. The Bertz CT molecular complexity index is 773. The molecule has 26 heavy (non-hydrogen) atoms. The molecule has 0 radical (unpaired) electrons. The molecule has 138 valence electrons. The van der Waals surface area contributed by atoms with Crippen LogP contribution < -0.4 is 9.47 Å². The number of hydrogen-bond donors (Lipinski definition) is 2. The van der Waals surface area contributed by atoms with Crippen molar-refractivity contribution in [2.75, 3.05) is 0 Å². The van der Waals surface area contributed by atoms with Crippen molar-refractivity contribution in [1.29, 1.82) is 0 Å². The Morgan fingerprint density at radius 2 is 1.46 bits per heavy atom. The topological polar surface area (TPSA) is 58.9 Å². The maximum absolute atomic E-state index is 10.5. The fourth-order valence-electron chi connectivity index (χ4n) is 4.60. The lowest BCUT2D eigenvalue weighted by atomic mass is 9.72. The molecule has 0 unspecified atom stereocenters. The van der Waals surface area contributed by atoms with Gasteiger partial charge in [0.1, 0.15) is 23.0 Å². The molecule has 4 rings (SSSR count). The lowest BCUT2D eigenvalue weighted by Gasteiger charge is -2.46. The van der Waals surface area contributed by atoms with E-state index in [1.54, 1.807) is 24.3 Å². The summed E-state index contributed by atoms with van der Waals surface area (Å²) < 4.78 is 13.1. The van der Waals surface area contributed by atoms with E-state index in [4.69, 9.17) is 9.47 Å². The van der Waals surface area contributed by atoms with Crippen molar-refractivity contribution in [1.82, 2.24) is 0 Å². The van der Waals surface area contributed by atoms with Gasteiger partial charge in [-0.1, -0.05) is 32.9 Å². The van der Waals surface area contributed by atoms with Gasteiger partial charge in [-0.2, -0.15) is 0 Å². The van der Waals surface area contributed by atoms with Gasteiger partial charge in [-0.25, -0.2) is 0 Å². The first kappa shape index (κ1) is 17.1. The Labute approximate surface area is 154 Å². The highest BCUT2D eigenvalue weighted by molar-refractivity contribution is 5.85. The first-order valence-electron chi connectivity index (χ1n) is 9.43. The Balaban J connectivity index is 1.96. The summed E-state index contributed by atoms with van der Waals surface area (Å²) in [4.78, 5) is 0. The van der Waals surface area contributed by atoms with Crippen molar-refractivity contribution < 1.29 is 19.7 Å². The van der Waals surface area contributed by atoms with Crippen molar-refractivity contribution in [3.8, 4) is 34.1 Å². The molecule has 1 saturated carbocycles. The maximum Gasteiger partial charge on any atom is 0.254 e. The largest absolute Gasteiger partial charge is 0.507 e. The minimum Gasteiger partial charge on any atom is -0.507 e. The number of phenols is 2. The summed E-state index contributed by atoms with van der Waals surface area (Å²) in [5.74, 6) is 1.57. The number of fused-ring (bicyclic) bond motifs is 3. The van der Waals surface area contributed by atoms with E-state index < -0.39 is 5.79 Å². The van der Waals surface area contributed by atoms with Gasteiger partial charge in [-0.15, -0.1) is 0 Å². The molecule has 0 bridgehead atoms. The molecule has 4 nitrogen and oxygen atoms in total. The Morgan fingerprint density at radius 3 is 1.96 bits per heavy atom. The van der Waals surface area contributed by atoms with Crippen molar-refractivity contribution >= 4 is 0 Å². The van der Waals surface area contributed by atoms with Gasteiger partial charge in [0.2, 0.25) is 0 Å². The molecule has 4 heteroatoms. The van der Waals surface area contributed by atoms with Gasteiger partial charge in [-0.3, -0.25) is 0 Å². The van der Waals surface area contributed by atoms with Crippen LogP contribution in [-0.2, 0) is 0 Å². The predicted octanol–water partition coefficient (Wildman–Crippen LogP) is 5.32. The van der Waals surface area contributed by atoms with Crippen LogP contribution in [0.1, 0.15) is 40.0 Å². The van der Waals surface area contributed by atoms with Gasteiger partial charge < -0.3 is 19.7 Å². The average Bonchev–Trinajstić information content (AvgIpc) is 2.70. The molecule has 2 N–H and O–H groups in total. The Kier molecular flexibility index (Phi) is 4.02. The zero-order valence-electron chi connectivity index (χ0n) is 15.5. The van der Waals surface area contributed by atoms with E-state index >= 15 is 0 Å². The summed E-state index contributed by atoms with van der Waals surface area (Å²) in [6, 6.07) is 10.4. The van der Waals surface area contributed by atoms with Crippen molar-refractivity contribution in [3.05, 3.63) is 36.4 Å². The highest BCUT2D eigenvalue weighted by Gasteiger charge is 2.51. The molecule has 1 aliphatic heterocycles. The van der Waals surface area contributed by atoms with Gasteiger partial charge in [0.05, 0.1) is 11.1 Å². The number of ether oxygens (including phenoxy) is 2. The predicted molar refractivity (Wildman–Crippen MR) is 101 cm³/mol. The average molecular weight is 354 g/mol.